The van der Waals surface area contributed by atoms with Gasteiger partial charge in [-0.15, -0.1) is 0 Å². The monoisotopic (exact) mass is 270 g/mol. The Morgan fingerprint density at radius 1 is 1.37 bits per heavy atom. The van der Waals surface area contributed by atoms with Gasteiger partial charge in [0.2, 0.25) is 5.91 Å². The molecule has 0 spiro atoms. The Morgan fingerprint density at radius 3 is 2.58 bits per heavy atom. The maximum atomic E-state index is 11.9. The maximum absolute atomic E-state index is 11.9. The molecule has 0 heterocycles. The second kappa shape index (κ2) is 7.25. The number of carbonyl (C=O) groups is 1. The van der Waals surface area contributed by atoms with Gasteiger partial charge in [-0.05, 0) is 46.1 Å². The summed E-state index contributed by atoms with van der Waals surface area (Å²) in [5, 5.41) is 13.0. The number of hydrogen-bond donors (Lipinski definition) is 2. The van der Waals surface area contributed by atoms with Gasteiger partial charge in [0.1, 0.15) is 0 Å². The summed E-state index contributed by atoms with van der Waals surface area (Å²) in [6.45, 7) is 7.36. The van der Waals surface area contributed by atoms with Gasteiger partial charge < -0.3 is 10.4 Å². The summed E-state index contributed by atoms with van der Waals surface area (Å²) in [6, 6.07) is 0. The number of likely N-dealkylation sites (N-methyl/N-ethyl adjacent to an activating group) is 1. The summed E-state index contributed by atoms with van der Waals surface area (Å²) in [7, 11) is 1.96. The number of hydrogen-bond acceptors (Lipinski definition) is 3. The molecule has 1 amide bonds. The van der Waals surface area contributed by atoms with Gasteiger partial charge in [0.05, 0.1) is 12.6 Å². The number of nitrogens with zero attached hydrogens (tertiary/aromatic N) is 1. The van der Waals surface area contributed by atoms with Crippen LogP contribution in [0, 0.1) is 5.92 Å². The summed E-state index contributed by atoms with van der Waals surface area (Å²) in [6.07, 6.45) is 5.05. The zero-order valence-electron chi connectivity index (χ0n) is 12.9. The van der Waals surface area contributed by atoms with E-state index in [9.17, 15) is 9.90 Å². The summed E-state index contributed by atoms with van der Waals surface area (Å²) in [4.78, 5) is 14.0. The Morgan fingerprint density at radius 2 is 2.00 bits per heavy atom. The van der Waals surface area contributed by atoms with E-state index in [1.165, 1.54) is 6.42 Å². The predicted molar refractivity (Wildman–Crippen MR) is 78.0 cm³/mol. The molecule has 4 nitrogen and oxygen atoms in total. The number of aliphatic hydroxyl groups excluding tert-OH is 1. The molecule has 4 heteroatoms. The van der Waals surface area contributed by atoms with Crippen LogP contribution in [0.3, 0.4) is 0 Å². The molecular weight excluding hydrogens is 240 g/mol. The van der Waals surface area contributed by atoms with Crippen LogP contribution in [0.4, 0.5) is 0 Å². The molecule has 0 aromatic carbocycles. The summed E-state index contributed by atoms with van der Waals surface area (Å²) in [5.74, 6) is 0.394. The van der Waals surface area contributed by atoms with Crippen molar-refractivity contribution in [3.8, 4) is 0 Å². The molecule has 1 fully saturated rings. The van der Waals surface area contributed by atoms with Crippen LogP contribution in [0.15, 0.2) is 0 Å². The molecule has 1 aliphatic rings. The van der Waals surface area contributed by atoms with Crippen molar-refractivity contribution in [3.05, 3.63) is 0 Å². The molecule has 2 unspecified atom stereocenters. The lowest BCUT2D eigenvalue weighted by atomic mass is 9.86. The van der Waals surface area contributed by atoms with Gasteiger partial charge in [-0.3, -0.25) is 9.69 Å². The van der Waals surface area contributed by atoms with E-state index in [4.69, 9.17) is 0 Å². The average Bonchev–Trinajstić information content (AvgIpc) is 2.31. The number of carbonyl (C=O) groups excluding carboxylic acids is 1. The lowest BCUT2D eigenvalue weighted by Crippen LogP contribution is -2.47. The third kappa shape index (κ3) is 5.91. The van der Waals surface area contributed by atoms with E-state index in [1.807, 2.05) is 25.8 Å². The molecule has 0 aliphatic heterocycles. The van der Waals surface area contributed by atoms with E-state index in [0.29, 0.717) is 12.5 Å². The number of nitrogens with one attached hydrogen (secondary N) is 1. The molecule has 0 bridgehead atoms. The average molecular weight is 270 g/mol. The normalized spacial score (nSPS) is 24.5. The van der Waals surface area contributed by atoms with E-state index in [0.717, 1.165) is 32.2 Å². The first-order chi connectivity index (χ1) is 8.84. The van der Waals surface area contributed by atoms with Crippen LogP contribution >= 0.6 is 0 Å². The molecule has 1 saturated carbocycles. The number of aliphatic hydroxyl groups is 1. The summed E-state index contributed by atoms with van der Waals surface area (Å²) in [5.41, 5.74) is -0.137. The van der Waals surface area contributed by atoms with Gasteiger partial charge in [-0.1, -0.05) is 19.8 Å². The highest BCUT2D eigenvalue weighted by atomic mass is 16.3. The Labute approximate surface area is 117 Å². The van der Waals surface area contributed by atoms with Crippen LogP contribution in [0.2, 0.25) is 0 Å². The molecule has 0 radical (unpaired) electrons. The zero-order chi connectivity index (χ0) is 14.5. The SMILES string of the molecule is CCC(C)(C)NC(=O)CN(C)CC1CCCCC1O. The van der Waals surface area contributed by atoms with Crippen LogP contribution in [0.1, 0.15) is 52.9 Å². The lowest BCUT2D eigenvalue weighted by Gasteiger charge is -2.31. The molecule has 1 aliphatic carbocycles. The molecule has 2 N–H and O–H groups in total. The van der Waals surface area contributed by atoms with Crippen molar-refractivity contribution in [3.63, 3.8) is 0 Å². The first-order valence-electron chi connectivity index (χ1n) is 7.51. The van der Waals surface area contributed by atoms with Crippen LogP contribution < -0.4 is 5.32 Å². The smallest absolute Gasteiger partial charge is 0.234 e. The molecule has 1 rings (SSSR count). The molecule has 112 valence electrons. The minimum Gasteiger partial charge on any atom is -0.393 e. The van der Waals surface area contributed by atoms with Crippen LogP contribution in [-0.2, 0) is 4.79 Å². The Kier molecular flexibility index (Phi) is 6.27. The fourth-order valence-electron chi connectivity index (χ4n) is 2.62. The van der Waals surface area contributed by atoms with Crippen molar-refractivity contribution in [1.29, 1.82) is 0 Å². The fourth-order valence-corrected chi connectivity index (χ4v) is 2.62. The van der Waals surface area contributed by atoms with E-state index in [-0.39, 0.29) is 17.6 Å². The van der Waals surface area contributed by atoms with E-state index in [2.05, 4.69) is 12.2 Å². The van der Waals surface area contributed by atoms with Crippen LogP contribution in [-0.4, -0.2) is 47.7 Å². The second-order valence-corrected chi connectivity index (χ2v) is 6.59. The Hall–Kier alpha value is -0.610. The van der Waals surface area contributed by atoms with E-state index >= 15 is 0 Å². The highest BCUT2D eigenvalue weighted by Crippen LogP contribution is 2.24. The third-order valence-electron chi connectivity index (χ3n) is 4.19. The van der Waals surface area contributed by atoms with Crippen molar-refractivity contribution in [2.45, 2.75) is 64.5 Å². The highest BCUT2D eigenvalue weighted by Gasteiger charge is 2.25. The molecule has 19 heavy (non-hydrogen) atoms. The maximum Gasteiger partial charge on any atom is 0.234 e. The van der Waals surface area contributed by atoms with Crippen LogP contribution in [0.5, 0.6) is 0 Å². The fraction of sp³-hybridized carbons (Fsp3) is 0.933. The first kappa shape index (κ1) is 16.4. The van der Waals surface area contributed by atoms with Crippen molar-refractivity contribution in [2.75, 3.05) is 20.1 Å². The zero-order valence-corrected chi connectivity index (χ0v) is 12.9. The van der Waals surface area contributed by atoms with Gasteiger partial charge in [0.25, 0.3) is 0 Å². The summed E-state index contributed by atoms with van der Waals surface area (Å²) >= 11 is 0. The van der Waals surface area contributed by atoms with E-state index < -0.39 is 0 Å². The van der Waals surface area contributed by atoms with Gasteiger partial charge in [-0.2, -0.15) is 0 Å². The molecule has 2 atom stereocenters. The molecular formula is C15H30N2O2. The van der Waals surface area contributed by atoms with Crippen LogP contribution in [0.25, 0.3) is 0 Å². The minimum absolute atomic E-state index is 0.0691. The van der Waals surface area contributed by atoms with Gasteiger partial charge in [0.15, 0.2) is 0 Å². The van der Waals surface area contributed by atoms with Crippen molar-refractivity contribution in [1.82, 2.24) is 10.2 Å². The summed E-state index contributed by atoms with van der Waals surface area (Å²) < 4.78 is 0. The number of amides is 1. The largest absolute Gasteiger partial charge is 0.393 e. The molecule has 0 aromatic rings. The van der Waals surface area contributed by atoms with Crippen molar-refractivity contribution < 1.29 is 9.90 Å². The molecule has 0 aromatic heterocycles. The predicted octanol–water partition coefficient (Wildman–Crippen LogP) is 1.77. The topological polar surface area (TPSA) is 52.6 Å². The number of rotatable bonds is 6. The second-order valence-electron chi connectivity index (χ2n) is 6.59. The molecule has 0 saturated heterocycles. The standard InChI is InChI=1S/C15H30N2O2/c1-5-15(2,3)16-14(19)11-17(4)10-12-8-6-7-9-13(12)18/h12-13,18H,5-11H2,1-4H3,(H,16,19). The van der Waals surface area contributed by atoms with Crippen molar-refractivity contribution >= 4 is 5.91 Å². The van der Waals surface area contributed by atoms with Gasteiger partial charge in [-0.25, -0.2) is 0 Å². The van der Waals surface area contributed by atoms with Gasteiger partial charge >= 0.3 is 0 Å². The first-order valence-corrected chi connectivity index (χ1v) is 7.51. The Balaban J connectivity index is 2.34. The lowest BCUT2D eigenvalue weighted by molar-refractivity contribution is -0.123. The Bertz CT molecular complexity index is 292. The van der Waals surface area contributed by atoms with Gasteiger partial charge in [0, 0.05) is 12.1 Å². The third-order valence-corrected chi connectivity index (χ3v) is 4.19. The highest BCUT2D eigenvalue weighted by molar-refractivity contribution is 5.78. The quantitative estimate of drug-likeness (QED) is 0.773. The van der Waals surface area contributed by atoms with E-state index in [1.54, 1.807) is 0 Å². The minimum atomic E-state index is -0.189. The van der Waals surface area contributed by atoms with Crippen molar-refractivity contribution in [2.24, 2.45) is 5.92 Å².